The molecule has 0 aliphatic heterocycles. The lowest BCUT2D eigenvalue weighted by Crippen LogP contribution is -2.17. The molecule has 1 N–H and O–H groups in total. The number of nitrogens with zero attached hydrogens (tertiary/aromatic N) is 2. The summed E-state index contributed by atoms with van der Waals surface area (Å²) in [5, 5.41) is 14.7. The lowest BCUT2D eigenvalue weighted by Gasteiger charge is -2.00. The number of benzene rings is 2. The predicted molar refractivity (Wildman–Crippen MR) is 79.6 cm³/mol. The first-order chi connectivity index (χ1) is 10.1. The van der Waals surface area contributed by atoms with E-state index in [9.17, 15) is 14.9 Å². The van der Waals surface area contributed by atoms with Crippen LogP contribution in [0, 0.1) is 10.1 Å². The summed E-state index contributed by atoms with van der Waals surface area (Å²) in [4.78, 5) is 21.9. The second kappa shape index (κ2) is 6.62. The molecule has 0 aromatic heterocycles. The van der Waals surface area contributed by atoms with Gasteiger partial charge in [-0.15, -0.1) is 0 Å². The largest absolute Gasteiger partial charge is 0.271 e. The number of rotatable bonds is 4. The van der Waals surface area contributed by atoms with Crippen LogP contribution in [0.25, 0.3) is 0 Å². The van der Waals surface area contributed by atoms with Crippen molar-refractivity contribution in [1.82, 2.24) is 5.43 Å². The van der Waals surface area contributed by atoms with Crippen molar-refractivity contribution in [3.05, 3.63) is 74.8 Å². The van der Waals surface area contributed by atoms with Gasteiger partial charge in [0.25, 0.3) is 11.6 Å². The lowest BCUT2D eigenvalue weighted by atomic mass is 10.2. The van der Waals surface area contributed by atoms with Crippen molar-refractivity contribution in [2.75, 3.05) is 0 Å². The number of nitro benzene ring substituents is 1. The summed E-state index contributed by atoms with van der Waals surface area (Å²) in [7, 11) is 0. The summed E-state index contributed by atoms with van der Waals surface area (Å²) in [5.74, 6) is -0.381. The van der Waals surface area contributed by atoms with Gasteiger partial charge >= 0.3 is 0 Å². The van der Waals surface area contributed by atoms with E-state index in [-0.39, 0.29) is 11.6 Å². The molecule has 0 aliphatic carbocycles. The van der Waals surface area contributed by atoms with Gasteiger partial charge in [-0.25, -0.2) is 5.43 Å². The Bertz CT molecular complexity index is 702. The minimum Gasteiger partial charge on any atom is -0.267 e. The van der Waals surface area contributed by atoms with E-state index < -0.39 is 4.92 Å². The summed E-state index contributed by atoms with van der Waals surface area (Å²) >= 11 is 5.91. The summed E-state index contributed by atoms with van der Waals surface area (Å²) in [6.45, 7) is 0. The molecule has 0 saturated heterocycles. The van der Waals surface area contributed by atoms with Crippen molar-refractivity contribution in [2.45, 2.75) is 0 Å². The smallest absolute Gasteiger partial charge is 0.267 e. The molecule has 0 atom stereocenters. The van der Waals surface area contributed by atoms with E-state index in [1.54, 1.807) is 30.3 Å². The zero-order valence-electron chi connectivity index (χ0n) is 10.7. The van der Waals surface area contributed by atoms with E-state index >= 15 is 0 Å². The highest BCUT2D eigenvalue weighted by atomic mass is 35.5. The Balaban J connectivity index is 2.10. The topological polar surface area (TPSA) is 84.6 Å². The van der Waals surface area contributed by atoms with Gasteiger partial charge in [-0.1, -0.05) is 29.8 Å². The van der Waals surface area contributed by atoms with E-state index in [0.29, 0.717) is 16.1 Å². The minimum atomic E-state index is -0.532. The number of nitrogens with one attached hydrogen (secondary N) is 1. The highest BCUT2D eigenvalue weighted by Crippen LogP contribution is 2.20. The van der Waals surface area contributed by atoms with Crippen LogP contribution in [-0.4, -0.2) is 17.0 Å². The van der Waals surface area contributed by atoms with Crippen LogP contribution < -0.4 is 5.43 Å². The van der Waals surface area contributed by atoms with Crippen molar-refractivity contribution in [3.63, 3.8) is 0 Å². The molecule has 2 aromatic carbocycles. The molecule has 6 nitrogen and oxygen atoms in total. The average Bonchev–Trinajstić information content (AvgIpc) is 2.49. The highest BCUT2D eigenvalue weighted by Gasteiger charge is 2.08. The third kappa shape index (κ3) is 3.87. The first kappa shape index (κ1) is 14.7. The SMILES string of the molecule is O=C(N/N=C\c1cc([N+](=O)[O-])ccc1Cl)c1ccccc1. The van der Waals surface area contributed by atoms with Gasteiger partial charge in [0.1, 0.15) is 0 Å². The fourth-order valence-corrected chi connectivity index (χ4v) is 1.72. The Hall–Kier alpha value is -2.73. The maximum Gasteiger partial charge on any atom is 0.271 e. The Morgan fingerprint density at radius 2 is 1.95 bits per heavy atom. The fourth-order valence-electron chi connectivity index (χ4n) is 1.56. The van der Waals surface area contributed by atoms with E-state index in [1.807, 2.05) is 0 Å². The summed E-state index contributed by atoms with van der Waals surface area (Å²) in [5.41, 5.74) is 3.03. The van der Waals surface area contributed by atoms with Gasteiger partial charge in [0, 0.05) is 28.3 Å². The number of carbonyl (C=O) groups is 1. The van der Waals surface area contributed by atoms with Gasteiger partial charge in [0.2, 0.25) is 0 Å². The van der Waals surface area contributed by atoms with Crippen LogP contribution in [-0.2, 0) is 0 Å². The molecule has 0 saturated carbocycles. The fraction of sp³-hybridized carbons (Fsp3) is 0. The zero-order valence-corrected chi connectivity index (χ0v) is 11.4. The second-order valence-electron chi connectivity index (χ2n) is 4.03. The molecule has 0 fully saturated rings. The summed E-state index contributed by atoms with van der Waals surface area (Å²) in [6, 6.07) is 12.5. The Kier molecular flexibility index (Phi) is 4.63. The van der Waals surface area contributed by atoms with Crippen molar-refractivity contribution in [3.8, 4) is 0 Å². The van der Waals surface area contributed by atoms with E-state index in [2.05, 4.69) is 10.5 Å². The van der Waals surface area contributed by atoms with Crippen molar-refractivity contribution < 1.29 is 9.72 Å². The van der Waals surface area contributed by atoms with Crippen LogP contribution in [0.15, 0.2) is 53.6 Å². The van der Waals surface area contributed by atoms with Crippen LogP contribution in [0.3, 0.4) is 0 Å². The molecule has 0 radical (unpaired) electrons. The van der Waals surface area contributed by atoms with Gasteiger partial charge in [0.15, 0.2) is 0 Å². The third-order valence-electron chi connectivity index (χ3n) is 2.60. The van der Waals surface area contributed by atoms with Gasteiger partial charge in [-0.3, -0.25) is 14.9 Å². The molecule has 7 heteroatoms. The van der Waals surface area contributed by atoms with Crippen LogP contribution in [0.1, 0.15) is 15.9 Å². The molecule has 0 bridgehead atoms. The van der Waals surface area contributed by atoms with E-state index in [0.717, 1.165) is 0 Å². The molecule has 2 aromatic rings. The molecule has 0 heterocycles. The van der Waals surface area contributed by atoms with Gasteiger partial charge in [-0.2, -0.15) is 5.10 Å². The van der Waals surface area contributed by atoms with Gasteiger partial charge < -0.3 is 0 Å². The maximum absolute atomic E-state index is 11.7. The molecular formula is C14H10ClN3O3. The molecule has 0 spiro atoms. The van der Waals surface area contributed by atoms with E-state index in [1.165, 1.54) is 24.4 Å². The standard InChI is InChI=1S/C14H10ClN3O3/c15-13-7-6-12(18(20)21)8-11(13)9-16-17-14(19)10-4-2-1-3-5-10/h1-9H,(H,17,19)/b16-9-. The molecule has 21 heavy (non-hydrogen) atoms. The highest BCUT2D eigenvalue weighted by molar-refractivity contribution is 6.33. The predicted octanol–water partition coefficient (Wildman–Crippen LogP) is 3.01. The lowest BCUT2D eigenvalue weighted by molar-refractivity contribution is -0.384. The van der Waals surface area contributed by atoms with Crippen LogP contribution in [0.2, 0.25) is 5.02 Å². The quantitative estimate of drug-likeness (QED) is 0.535. The van der Waals surface area contributed by atoms with Gasteiger partial charge in [-0.05, 0) is 18.2 Å². The first-order valence-corrected chi connectivity index (χ1v) is 6.28. The monoisotopic (exact) mass is 303 g/mol. The number of halogens is 1. The average molecular weight is 304 g/mol. The van der Waals surface area contributed by atoms with Crippen molar-refractivity contribution >= 4 is 29.4 Å². The Morgan fingerprint density at radius 3 is 2.62 bits per heavy atom. The molecule has 0 unspecified atom stereocenters. The van der Waals surface area contributed by atoms with Crippen LogP contribution in [0.5, 0.6) is 0 Å². The van der Waals surface area contributed by atoms with Crippen LogP contribution in [0.4, 0.5) is 5.69 Å². The summed E-state index contributed by atoms with van der Waals surface area (Å²) < 4.78 is 0. The Morgan fingerprint density at radius 1 is 1.24 bits per heavy atom. The third-order valence-corrected chi connectivity index (χ3v) is 2.94. The molecule has 0 aliphatic rings. The number of hydrazone groups is 1. The second-order valence-corrected chi connectivity index (χ2v) is 4.44. The Labute approximate surface area is 125 Å². The number of nitro groups is 1. The number of amides is 1. The van der Waals surface area contributed by atoms with Crippen molar-refractivity contribution in [1.29, 1.82) is 0 Å². The van der Waals surface area contributed by atoms with Gasteiger partial charge in [0.05, 0.1) is 11.1 Å². The molecule has 2 rings (SSSR count). The van der Waals surface area contributed by atoms with Crippen molar-refractivity contribution in [2.24, 2.45) is 5.10 Å². The number of hydrogen-bond acceptors (Lipinski definition) is 4. The normalized spacial score (nSPS) is 10.5. The number of hydrogen-bond donors (Lipinski definition) is 1. The van der Waals surface area contributed by atoms with E-state index in [4.69, 9.17) is 11.6 Å². The summed E-state index contributed by atoms with van der Waals surface area (Å²) in [6.07, 6.45) is 1.26. The molecule has 106 valence electrons. The molecular weight excluding hydrogens is 294 g/mol. The molecule has 1 amide bonds. The number of carbonyl (C=O) groups excluding carboxylic acids is 1. The maximum atomic E-state index is 11.7. The zero-order chi connectivity index (χ0) is 15.2. The minimum absolute atomic E-state index is 0.102. The number of non-ortho nitro benzene ring substituents is 1. The first-order valence-electron chi connectivity index (χ1n) is 5.90. The van der Waals surface area contributed by atoms with Crippen LogP contribution >= 0.6 is 11.6 Å².